The number of anilines is 1. The van der Waals surface area contributed by atoms with E-state index in [1.165, 1.54) is 0 Å². The number of nitrogens with one attached hydrogen (secondary N) is 1. The zero-order chi connectivity index (χ0) is 13.0. The number of methoxy groups -OCH3 is 1. The summed E-state index contributed by atoms with van der Waals surface area (Å²) in [5.74, 6) is 1.42. The largest absolute Gasteiger partial charge is 0.481 e. The topological polar surface area (TPSA) is 47.0 Å². The fourth-order valence-electron chi connectivity index (χ4n) is 1.65. The molecule has 0 radical (unpaired) electrons. The average Bonchev–Trinajstić information content (AvgIpc) is 2.41. The number of hydrogen-bond donors (Lipinski definition) is 1. The van der Waals surface area contributed by atoms with E-state index >= 15 is 0 Å². The maximum atomic E-state index is 5.03. The molecule has 2 aromatic heterocycles. The molecule has 0 aliphatic carbocycles. The second kappa shape index (κ2) is 5.31. The summed E-state index contributed by atoms with van der Waals surface area (Å²) in [6, 6.07) is 5.85. The first-order valence-electron chi connectivity index (χ1n) is 5.59. The van der Waals surface area contributed by atoms with Crippen LogP contribution in [0.4, 0.5) is 5.82 Å². The minimum Gasteiger partial charge on any atom is -0.481 e. The SMILES string of the molecule is C=CNc1ncc(-c2ccc(OC)nc2)cc1C. The fraction of sp³-hybridized carbons (Fsp3) is 0.143. The fourth-order valence-corrected chi connectivity index (χ4v) is 1.65. The van der Waals surface area contributed by atoms with Crippen LogP contribution in [0.5, 0.6) is 5.88 Å². The number of nitrogens with zero attached hydrogens (tertiary/aromatic N) is 2. The predicted molar refractivity (Wildman–Crippen MR) is 72.6 cm³/mol. The van der Waals surface area contributed by atoms with Crippen LogP contribution in [0.2, 0.25) is 0 Å². The highest BCUT2D eigenvalue weighted by molar-refractivity contribution is 5.65. The Labute approximate surface area is 106 Å². The molecular formula is C14H15N3O. The maximum Gasteiger partial charge on any atom is 0.212 e. The Morgan fingerprint density at radius 3 is 2.56 bits per heavy atom. The molecule has 0 aromatic carbocycles. The monoisotopic (exact) mass is 241 g/mol. The van der Waals surface area contributed by atoms with Crippen molar-refractivity contribution in [3.05, 3.63) is 48.9 Å². The molecule has 0 amide bonds. The Bertz CT molecular complexity index is 549. The van der Waals surface area contributed by atoms with Gasteiger partial charge in [-0.25, -0.2) is 9.97 Å². The Hall–Kier alpha value is -2.36. The van der Waals surface area contributed by atoms with E-state index in [1.54, 1.807) is 19.5 Å². The molecule has 0 unspecified atom stereocenters. The molecule has 2 aromatic rings. The third-order valence-corrected chi connectivity index (χ3v) is 2.60. The molecular weight excluding hydrogens is 226 g/mol. The minimum atomic E-state index is 0.605. The van der Waals surface area contributed by atoms with Gasteiger partial charge in [-0.15, -0.1) is 0 Å². The molecule has 2 rings (SSSR count). The van der Waals surface area contributed by atoms with Crippen molar-refractivity contribution >= 4 is 5.82 Å². The van der Waals surface area contributed by atoms with Crippen molar-refractivity contribution in [1.29, 1.82) is 0 Å². The Morgan fingerprint density at radius 1 is 1.22 bits per heavy atom. The van der Waals surface area contributed by atoms with Crippen LogP contribution in [0.3, 0.4) is 0 Å². The third kappa shape index (κ3) is 2.48. The standard InChI is InChI=1S/C14H15N3O/c1-4-15-14-10(2)7-12(9-17-14)11-5-6-13(18-3)16-8-11/h4-9H,1H2,2-3H3,(H,15,17). The van der Waals surface area contributed by atoms with E-state index in [2.05, 4.69) is 27.9 Å². The van der Waals surface area contributed by atoms with Crippen molar-refractivity contribution in [2.45, 2.75) is 6.92 Å². The van der Waals surface area contributed by atoms with Gasteiger partial charge in [-0.05, 0) is 30.8 Å². The summed E-state index contributed by atoms with van der Waals surface area (Å²) in [5, 5.41) is 2.99. The summed E-state index contributed by atoms with van der Waals surface area (Å²) >= 11 is 0. The lowest BCUT2D eigenvalue weighted by Gasteiger charge is -2.07. The lowest BCUT2D eigenvalue weighted by atomic mass is 10.1. The van der Waals surface area contributed by atoms with Crippen molar-refractivity contribution < 1.29 is 4.74 Å². The van der Waals surface area contributed by atoms with E-state index in [0.29, 0.717) is 5.88 Å². The van der Waals surface area contributed by atoms with Gasteiger partial charge in [0.25, 0.3) is 0 Å². The van der Waals surface area contributed by atoms with Crippen molar-refractivity contribution in [3.8, 4) is 17.0 Å². The van der Waals surface area contributed by atoms with E-state index in [-0.39, 0.29) is 0 Å². The summed E-state index contributed by atoms with van der Waals surface area (Å²) < 4.78 is 5.03. The number of ether oxygens (including phenoxy) is 1. The van der Waals surface area contributed by atoms with Gasteiger partial charge in [0.05, 0.1) is 7.11 Å². The first-order chi connectivity index (χ1) is 8.74. The molecule has 0 saturated carbocycles. The lowest BCUT2D eigenvalue weighted by molar-refractivity contribution is 0.398. The second-order valence-electron chi connectivity index (χ2n) is 3.83. The van der Waals surface area contributed by atoms with Crippen molar-refractivity contribution in [3.63, 3.8) is 0 Å². The number of aromatic nitrogens is 2. The maximum absolute atomic E-state index is 5.03. The molecule has 0 aliphatic heterocycles. The van der Waals surface area contributed by atoms with Gasteiger partial charge in [0, 0.05) is 29.6 Å². The third-order valence-electron chi connectivity index (χ3n) is 2.60. The quantitative estimate of drug-likeness (QED) is 0.893. The zero-order valence-corrected chi connectivity index (χ0v) is 10.5. The molecule has 0 saturated heterocycles. The lowest BCUT2D eigenvalue weighted by Crippen LogP contribution is -1.95. The normalized spacial score (nSPS) is 9.89. The first kappa shape index (κ1) is 12.1. The van der Waals surface area contributed by atoms with Gasteiger partial charge in [-0.1, -0.05) is 6.58 Å². The molecule has 0 atom stereocenters. The molecule has 0 bridgehead atoms. The van der Waals surface area contributed by atoms with E-state index < -0.39 is 0 Å². The molecule has 18 heavy (non-hydrogen) atoms. The number of hydrogen-bond acceptors (Lipinski definition) is 4. The number of rotatable bonds is 4. The van der Waals surface area contributed by atoms with Gasteiger partial charge >= 0.3 is 0 Å². The van der Waals surface area contributed by atoms with Gasteiger partial charge in [-0.3, -0.25) is 0 Å². The Balaban J connectivity index is 2.32. The second-order valence-corrected chi connectivity index (χ2v) is 3.83. The molecule has 92 valence electrons. The number of pyridine rings is 2. The molecule has 4 nitrogen and oxygen atoms in total. The van der Waals surface area contributed by atoms with Crippen molar-refractivity contribution in [2.24, 2.45) is 0 Å². The molecule has 4 heteroatoms. The number of aryl methyl sites for hydroxylation is 1. The smallest absolute Gasteiger partial charge is 0.212 e. The van der Waals surface area contributed by atoms with E-state index in [1.807, 2.05) is 25.3 Å². The van der Waals surface area contributed by atoms with Crippen molar-refractivity contribution in [2.75, 3.05) is 12.4 Å². The molecule has 0 spiro atoms. The van der Waals surface area contributed by atoms with Crippen LogP contribution in [0.15, 0.2) is 43.4 Å². The van der Waals surface area contributed by atoms with Crippen LogP contribution in [0, 0.1) is 6.92 Å². The zero-order valence-electron chi connectivity index (χ0n) is 10.5. The summed E-state index contributed by atoms with van der Waals surface area (Å²) in [4.78, 5) is 8.53. The predicted octanol–water partition coefficient (Wildman–Crippen LogP) is 3.02. The van der Waals surface area contributed by atoms with E-state index in [0.717, 1.165) is 22.5 Å². The molecule has 2 heterocycles. The molecule has 0 aliphatic rings. The van der Waals surface area contributed by atoms with E-state index in [9.17, 15) is 0 Å². The highest BCUT2D eigenvalue weighted by atomic mass is 16.5. The van der Waals surface area contributed by atoms with Gasteiger partial charge in [0.1, 0.15) is 5.82 Å². The molecule has 1 N–H and O–H groups in total. The van der Waals surface area contributed by atoms with Crippen LogP contribution in [0.1, 0.15) is 5.56 Å². The minimum absolute atomic E-state index is 0.605. The van der Waals surface area contributed by atoms with Gasteiger partial charge in [0.15, 0.2) is 0 Å². The summed E-state index contributed by atoms with van der Waals surface area (Å²) in [7, 11) is 1.60. The van der Waals surface area contributed by atoms with Crippen LogP contribution in [-0.2, 0) is 0 Å². The van der Waals surface area contributed by atoms with Gasteiger partial charge in [0.2, 0.25) is 5.88 Å². The first-order valence-corrected chi connectivity index (χ1v) is 5.59. The summed E-state index contributed by atoms with van der Waals surface area (Å²) in [5.41, 5.74) is 3.09. The van der Waals surface area contributed by atoms with E-state index in [4.69, 9.17) is 4.74 Å². The Kier molecular flexibility index (Phi) is 3.57. The van der Waals surface area contributed by atoms with Crippen LogP contribution >= 0.6 is 0 Å². The van der Waals surface area contributed by atoms with Crippen LogP contribution in [-0.4, -0.2) is 17.1 Å². The van der Waals surface area contributed by atoms with Gasteiger partial charge in [-0.2, -0.15) is 0 Å². The Morgan fingerprint density at radius 2 is 2.00 bits per heavy atom. The highest BCUT2D eigenvalue weighted by Gasteiger charge is 2.03. The summed E-state index contributed by atoms with van der Waals surface area (Å²) in [6.45, 7) is 5.62. The van der Waals surface area contributed by atoms with Crippen LogP contribution in [0.25, 0.3) is 11.1 Å². The van der Waals surface area contributed by atoms with Crippen molar-refractivity contribution in [1.82, 2.24) is 9.97 Å². The van der Waals surface area contributed by atoms with Crippen LogP contribution < -0.4 is 10.1 Å². The average molecular weight is 241 g/mol. The summed E-state index contributed by atoms with van der Waals surface area (Å²) in [6.07, 6.45) is 5.20. The highest BCUT2D eigenvalue weighted by Crippen LogP contribution is 2.23. The van der Waals surface area contributed by atoms with Gasteiger partial charge < -0.3 is 10.1 Å². The molecule has 0 fully saturated rings.